The van der Waals surface area contributed by atoms with Crippen molar-refractivity contribution in [3.05, 3.63) is 102 Å². The molecule has 0 bridgehead atoms. The van der Waals surface area contributed by atoms with Crippen molar-refractivity contribution in [2.24, 2.45) is 0 Å². The fourth-order valence-electron chi connectivity index (χ4n) is 4.58. The second-order valence-corrected chi connectivity index (χ2v) is 10.1. The molecule has 0 aliphatic rings. The first-order valence-electron chi connectivity index (χ1n) is 12.7. The van der Waals surface area contributed by atoms with Crippen molar-refractivity contribution in [2.75, 3.05) is 21.1 Å². The molecule has 0 heterocycles. The third-order valence-electron chi connectivity index (χ3n) is 5.72. The van der Waals surface area contributed by atoms with Crippen molar-refractivity contribution < 1.29 is 19.2 Å². The summed E-state index contributed by atoms with van der Waals surface area (Å²) in [5, 5.41) is 12.6. The zero-order valence-electron chi connectivity index (χ0n) is 25.4. The van der Waals surface area contributed by atoms with Gasteiger partial charge in [0.15, 0.2) is 0 Å². The summed E-state index contributed by atoms with van der Waals surface area (Å²) in [6.07, 6.45) is 1.07. The molecule has 0 aromatic heterocycles. The van der Waals surface area contributed by atoms with E-state index in [-0.39, 0.29) is 0 Å². The third-order valence-corrected chi connectivity index (χ3v) is 6.43. The molecular weight excluding hydrogens is 534 g/mol. The average molecular weight is 582 g/mol. The van der Waals surface area contributed by atoms with Crippen LogP contribution < -0.4 is 0 Å². The van der Waals surface area contributed by atoms with Crippen LogP contribution in [0.25, 0.3) is 16.0 Å². The zero-order chi connectivity index (χ0) is 28.7. The molecule has 3 aromatic rings. The summed E-state index contributed by atoms with van der Waals surface area (Å²) in [5.74, 6) is 0. The fraction of sp³-hybridized carbons (Fsp3) is 0.424. The minimum absolute atomic E-state index is 1.07. The van der Waals surface area contributed by atoms with E-state index in [0.717, 1.165) is 23.5 Å². The predicted octanol–water partition coefficient (Wildman–Crippen LogP) is 10.6. The largest absolute Gasteiger partial charge is 0.686 e. The number of hydrogen-bond donors (Lipinski definition) is 0. The van der Waals surface area contributed by atoms with Crippen molar-refractivity contribution in [2.45, 2.75) is 75.7 Å². The number of hydrogen-bond acceptors (Lipinski definition) is 0. The first kappa shape index (κ1) is 34.5. The van der Waals surface area contributed by atoms with Crippen molar-refractivity contribution in [3.8, 4) is 4.20 Å². The Balaban J connectivity index is 0.000000490. The average Bonchev–Trinajstić information content (AvgIpc) is 2.79. The van der Waals surface area contributed by atoms with Gasteiger partial charge >= 0.3 is 36.7 Å². The van der Waals surface area contributed by atoms with E-state index in [9.17, 15) is 0 Å². The van der Waals surface area contributed by atoms with Crippen LogP contribution in [-0.2, 0) is 19.2 Å². The molecule has 0 radical (unpaired) electrons. The van der Waals surface area contributed by atoms with E-state index in [4.69, 9.17) is 0 Å². The molecular formula is C33H47MoN3-3. The monoisotopic (exact) mass is 583 g/mol. The van der Waals surface area contributed by atoms with Gasteiger partial charge in [0.1, 0.15) is 0 Å². The van der Waals surface area contributed by atoms with Gasteiger partial charge in [-0.2, -0.15) is 0 Å². The standard InChI is InChI=1S/3C10H14N.C3H5.Mo/c3*1-7-5-8(2)10(11-4)9(3)6-7;1-3-2;/h3*5-6H,1-4H3;3H2,1H3;/q3*-1;;. The van der Waals surface area contributed by atoms with Crippen LogP contribution in [0.1, 0.15) is 63.4 Å². The van der Waals surface area contributed by atoms with Gasteiger partial charge in [-0.1, -0.05) is 86.5 Å². The van der Waals surface area contributed by atoms with Crippen LogP contribution in [0.3, 0.4) is 0 Å². The maximum Gasteiger partial charge on any atom is -0.0398 e. The van der Waals surface area contributed by atoms with E-state index in [1.165, 1.54) is 50.1 Å². The molecule has 0 aliphatic carbocycles. The SMILES string of the molecule is CC[C]#[Mo].C[N-]c1c(C)cc(C)cc1C.C[N-]c1c(C)cc(C)cc1C.C[N-]c1c(C)cc(C)cc1C. The summed E-state index contributed by atoms with van der Waals surface area (Å²) in [7, 11) is 5.51. The minimum atomic E-state index is 1.07. The van der Waals surface area contributed by atoms with Gasteiger partial charge in [-0.25, -0.2) is 0 Å². The van der Waals surface area contributed by atoms with Crippen LogP contribution in [0.5, 0.6) is 0 Å². The van der Waals surface area contributed by atoms with E-state index in [0.29, 0.717) is 0 Å². The fourth-order valence-corrected chi connectivity index (χ4v) is 4.58. The Labute approximate surface area is 238 Å². The Morgan fingerprint density at radius 3 is 0.757 bits per heavy atom. The summed E-state index contributed by atoms with van der Waals surface area (Å²) in [4.78, 5) is 0. The van der Waals surface area contributed by atoms with E-state index in [1.54, 1.807) is 0 Å². The van der Waals surface area contributed by atoms with Gasteiger partial charge in [-0.15, -0.1) is 38.2 Å². The summed E-state index contributed by atoms with van der Waals surface area (Å²) in [6, 6.07) is 13.0. The van der Waals surface area contributed by atoms with E-state index >= 15 is 0 Å². The molecule has 0 unspecified atom stereocenters. The van der Waals surface area contributed by atoms with Crippen LogP contribution in [0, 0.1) is 66.5 Å². The smallest absolute Gasteiger partial charge is 0.0398 e. The quantitative estimate of drug-likeness (QED) is 0.276. The van der Waals surface area contributed by atoms with E-state index < -0.39 is 0 Å². The molecule has 0 fully saturated rings. The van der Waals surface area contributed by atoms with Crippen molar-refractivity contribution >= 4 is 17.1 Å². The van der Waals surface area contributed by atoms with Crippen LogP contribution in [0.2, 0.25) is 0 Å². The Bertz CT molecular complexity index is 967. The maximum absolute atomic E-state index is 4.21. The van der Waals surface area contributed by atoms with Crippen LogP contribution >= 0.6 is 0 Å². The molecule has 0 atom stereocenters. The van der Waals surface area contributed by atoms with Crippen molar-refractivity contribution in [1.29, 1.82) is 0 Å². The maximum atomic E-state index is 4.21. The number of rotatable bonds is 3. The Kier molecular flexibility index (Phi) is 16.7. The molecule has 0 spiro atoms. The second kappa shape index (κ2) is 17.9. The topological polar surface area (TPSA) is 42.3 Å². The van der Waals surface area contributed by atoms with Gasteiger partial charge in [0, 0.05) is 0 Å². The molecule has 0 amide bonds. The summed E-state index contributed by atoms with van der Waals surface area (Å²) in [6.45, 7) is 21.0. The van der Waals surface area contributed by atoms with Gasteiger partial charge in [0.05, 0.1) is 0 Å². The molecule has 0 saturated heterocycles. The van der Waals surface area contributed by atoms with Crippen LogP contribution in [0.15, 0.2) is 36.4 Å². The number of benzene rings is 3. The molecule has 0 saturated carbocycles. The Morgan fingerprint density at radius 1 is 0.486 bits per heavy atom. The molecule has 3 aromatic carbocycles. The second-order valence-electron chi connectivity index (χ2n) is 9.41. The van der Waals surface area contributed by atoms with E-state index in [1.807, 2.05) is 40.3 Å². The number of aryl methyl sites for hydroxylation is 9. The molecule has 3 nitrogen and oxygen atoms in total. The van der Waals surface area contributed by atoms with Gasteiger partial charge in [0.2, 0.25) is 0 Å². The Morgan fingerprint density at radius 2 is 0.649 bits per heavy atom. The minimum Gasteiger partial charge on any atom is -0.686 e. The van der Waals surface area contributed by atoms with Crippen LogP contribution in [0.4, 0.5) is 17.1 Å². The Hall–Kier alpha value is -2.47. The van der Waals surface area contributed by atoms with Gasteiger partial charge in [-0.3, -0.25) is 0 Å². The molecule has 37 heavy (non-hydrogen) atoms. The van der Waals surface area contributed by atoms with E-state index in [2.05, 4.69) is 126 Å². The summed E-state index contributed by atoms with van der Waals surface area (Å²) >= 11 is 1.87. The normalized spacial score (nSPS) is 9.30. The van der Waals surface area contributed by atoms with Crippen molar-refractivity contribution in [1.82, 2.24) is 0 Å². The van der Waals surface area contributed by atoms with Crippen molar-refractivity contribution in [3.63, 3.8) is 0 Å². The van der Waals surface area contributed by atoms with Gasteiger partial charge in [0.25, 0.3) is 0 Å². The molecule has 4 heteroatoms. The third kappa shape index (κ3) is 12.1. The summed E-state index contributed by atoms with van der Waals surface area (Å²) in [5.41, 5.74) is 15.0. The first-order valence-corrected chi connectivity index (χ1v) is 13.7. The van der Waals surface area contributed by atoms with Crippen LogP contribution in [-0.4, -0.2) is 21.1 Å². The first-order chi connectivity index (χ1) is 17.4. The van der Waals surface area contributed by atoms with Gasteiger partial charge in [-0.05, 0) is 62.3 Å². The molecule has 0 aliphatic heterocycles. The van der Waals surface area contributed by atoms with Gasteiger partial charge < -0.3 is 16.0 Å². The molecule has 3 rings (SSSR count). The molecule has 203 valence electrons. The molecule has 0 N–H and O–H groups in total. The zero-order valence-corrected chi connectivity index (χ0v) is 27.4. The summed E-state index contributed by atoms with van der Waals surface area (Å²) < 4.78 is 2.94. The predicted molar refractivity (Wildman–Crippen MR) is 163 cm³/mol. The number of nitrogens with zero attached hydrogens (tertiary/aromatic N) is 3.